The molecule has 1 N–H and O–H groups in total. The predicted molar refractivity (Wildman–Crippen MR) is 80.1 cm³/mol. The lowest BCUT2D eigenvalue weighted by atomic mass is 10.00. The first-order chi connectivity index (χ1) is 10.1. The van der Waals surface area contributed by atoms with E-state index in [2.05, 4.69) is 5.32 Å². The minimum Gasteiger partial charge on any atom is -0.305 e. The average Bonchev–Trinajstić information content (AvgIpc) is 2.89. The first-order valence-corrected chi connectivity index (χ1v) is 7.90. The van der Waals surface area contributed by atoms with E-state index < -0.39 is 23.5 Å². The van der Waals surface area contributed by atoms with Crippen LogP contribution in [0.2, 0.25) is 0 Å². The molecule has 0 saturated heterocycles. The standard InChI is InChI=1S/C16H18F3NS/c1-3-6-20-15(16-10(4-2)5-7-21-16)14-12(18)8-11(17)9-13(14)19/h5,7-9,15,20H,3-4,6H2,1-2H3. The van der Waals surface area contributed by atoms with Crippen molar-refractivity contribution in [3.8, 4) is 0 Å². The van der Waals surface area contributed by atoms with Crippen molar-refractivity contribution in [2.45, 2.75) is 32.7 Å². The minimum absolute atomic E-state index is 0.109. The maximum Gasteiger partial charge on any atom is 0.134 e. The lowest BCUT2D eigenvalue weighted by Gasteiger charge is -2.20. The molecule has 1 aromatic carbocycles. The van der Waals surface area contributed by atoms with E-state index in [0.29, 0.717) is 6.54 Å². The van der Waals surface area contributed by atoms with Crippen molar-refractivity contribution in [2.75, 3.05) is 6.54 Å². The van der Waals surface area contributed by atoms with Gasteiger partial charge in [-0.15, -0.1) is 11.3 Å². The summed E-state index contributed by atoms with van der Waals surface area (Å²) in [5, 5.41) is 5.08. The average molecular weight is 313 g/mol. The Morgan fingerprint density at radius 1 is 1.14 bits per heavy atom. The molecule has 2 rings (SSSR count). The Labute approximate surface area is 126 Å². The van der Waals surface area contributed by atoms with Crippen LogP contribution in [0.4, 0.5) is 13.2 Å². The van der Waals surface area contributed by atoms with Crippen LogP contribution in [-0.4, -0.2) is 6.54 Å². The van der Waals surface area contributed by atoms with E-state index in [1.807, 2.05) is 25.3 Å². The van der Waals surface area contributed by atoms with E-state index in [9.17, 15) is 13.2 Å². The summed E-state index contributed by atoms with van der Waals surface area (Å²) in [6.45, 7) is 4.61. The van der Waals surface area contributed by atoms with Crippen LogP contribution in [0.25, 0.3) is 0 Å². The van der Waals surface area contributed by atoms with E-state index in [1.165, 1.54) is 11.3 Å². The molecule has 0 saturated carbocycles. The van der Waals surface area contributed by atoms with Crippen molar-refractivity contribution in [2.24, 2.45) is 0 Å². The van der Waals surface area contributed by atoms with Crippen LogP contribution < -0.4 is 5.32 Å². The molecular formula is C16H18F3NS. The molecule has 114 valence electrons. The summed E-state index contributed by atoms with van der Waals surface area (Å²) in [4.78, 5) is 0.885. The van der Waals surface area contributed by atoms with Gasteiger partial charge < -0.3 is 5.32 Å². The Morgan fingerprint density at radius 3 is 2.38 bits per heavy atom. The molecule has 0 aliphatic rings. The zero-order valence-electron chi connectivity index (χ0n) is 12.1. The second-order valence-electron chi connectivity index (χ2n) is 4.83. The smallest absolute Gasteiger partial charge is 0.134 e. The number of benzene rings is 1. The van der Waals surface area contributed by atoms with Gasteiger partial charge in [0.2, 0.25) is 0 Å². The van der Waals surface area contributed by atoms with Gasteiger partial charge in [-0.3, -0.25) is 0 Å². The summed E-state index contributed by atoms with van der Waals surface area (Å²) in [5.74, 6) is -2.60. The largest absolute Gasteiger partial charge is 0.305 e. The van der Waals surface area contributed by atoms with Crippen molar-refractivity contribution < 1.29 is 13.2 Å². The van der Waals surface area contributed by atoms with Gasteiger partial charge in [-0.1, -0.05) is 13.8 Å². The van der Waals surface area contributed by atoms with E-state index in [1.54, 1.807) is 0 Å². The normalized spacial score (nSPS) is 12.6. The van der Waals surface area contributed by atoms with Gasteiger partial charge in [-0.05, 0) is 36.4 Å². The molecule has 1 heterocycles. The predicted octanol–water partition coefficient (Wildman–Crippen LogP) is 4.82. The molecule has 0 radical (unpaired) electrons. The van der Waals surface area contributed by atoms with E-state index in [0.717, 1.165) is 35.4 Å². The fraction of sp³-hybridized carbons (Fsp3) is 0.375. The van der Waals surface area contributed by atoms with Gasteiger partial charge in [0.1, 0.15) is 17.5 Å². The molecule has 1 aromatic heterocycles. The SMILES string of the molecule is CCCNC(c1sccc1CC)c1c(F)cc(F)cc1F. The summed E-state index contributed by atoms with van der Waals surface area (Å²) < 4.78 is 41.3. The second-order valence-corrected chi connectivity index (χ2v) is 5.78. The fourth-order valence-corrected chi connectivity index (χ4v) is 3.42. The maximum absolute atomic E-state index is 14.1. The summed E-state index contributed by atoms with van der Waals surface area (Å²) >= 11 is 1.46. The van der Waals surface area contributed by atoms with Crippen LogP contribution in [0, 0.1) is 17.5 Å². The third-order valence-corrected chi connectivity index (χ3v) is 4.38. The van der Waals surface area contributed by atoms with Gasteiger partial charge in [-0.25, -0.2) is 13.2 Å². The fourth-order valence-electron chi connectivity index (χ4n) is 2.34. The molecule has 5 heteroatoms. The van der Waals surface area contributed by atoms with Crippen LogP contribution in [-0.2, 0) is 6.42 Å². The molecule has 1 nitrogen and oxygen atoms in total. The molecule has 2 aromatic rings. The molecule has 1 unspecified atom stereocenters. The zero-order valence-corrected chi connectivity index (χ0v) is 12.9. The Balaban J connectivity index is 2.51. The Morgan fingerprint density at radius 2 is 1.81 bits per heavy atom. The van der Waals surface area contributed by atoms with Crippen LogP contribution >= 0.6 is 11.3 Å². The number of halogens is 3. The van der Waals surface area contributed by atoms with Gasteiger partial charge in [-0.2, -0.15) is 0 Å². The van der Waals surface area contributed by atoms with E-state index in [-0.39, 0.29) is 5.56 Å². The Kier molecular flexibility index (Phi) is 5.42. The van der Waals surface area contributed by atoms with E-state index >= 15 is 0 Å². The van der Waals surface area contributed by atoms with Crippen LogP contribution in [0.15, 0.2) is 23.6 Å². The van der Waals surface area contributed by atoms with Gasteiger partial charge in [0, 0.05) is 22.6 Å². The second kappa shape index (κ2) is 7.09. The molecule has 0 amide bonds. The molecule has 0 fully saturated rings. The van der Waals surface area contributed by atoms with Crippen LogP contribution in [0.5, 0.6) is 0 Å². The van der Waals surface area contributed by atoms with Gasteiger partial charge in [0.15, 0.2) is 0 Å². The highest BCUT2D eigenvalue weighted by atomic mass is 32.1. The Bertz CT molecular complexity index is 586. The molecule has 1 atom stereocenters. The highest BCUT2D eigenvalue weighted by molar-refractivity contribution is 7.10. The molecular weight excluding hydrogens is 295 g/mol. The summed E-state index contributed by atoms with van der Waals surface area (Å²) in [6, 6.07) is 2.84. The van der Waals surface area contributed by atoms with Gasteiger partial charge >= 0.3 is 0 Å². The number of rotatable bonds is 6. The van der Waals surface area contributed by atoms with Crippen LogP contribution in [0.3, 0.4) is 0 Å². The van der Waals surface area contributed by atoms with Crippen molar-refractivity contribution in [3.05, 3.63) is 57.0 Å². The summed E-state index contributed by atoms with van der Waals surface area (Å²) in [7, 11) is 0. The quantitative estimate of drug-likeness (QED) is 0.806. The highest BCUT2D eigenvalue weighted by Gasteiger charge is 2.25. The summed E-state index contributed by atoms with van der Waals surface area (Å²) in [6.07, 6.45) is 1.63. The molecule has 0 aliphatic heterocycles. The minimum atomic E-state index is -0.898. The number of thiophene rings is 1. The lowest BCUT2D eigenvalue weighted by Crippen LogP contribution is -2.25. The number of aryl methyl sites for hydroxylation is 1. The molecule has 0 aliphatic carbocycles. The maximum atomic E-state index is 14.1. The molecule has 0 bridgehead atoms. The van der Waals surface area contributed by atoms with Crippen molar-refractivity contribution in [3.63, 3.8) is 0 Å². The van der Waals surface area contributed by atoms with Crippen LogP contribution in [0.1, 0.15) is 42.3 Å². The van der Waals surface area contributed by atoms with Gasteiger partial charge in [0.05, 0.1) is 6.04 Å². The molecule has 21 heavy (non-hydrogen) atoms. The topological polar surface area (TPSA) is 12.0 Å². The Hall–Kier alpha value is -1.33. The summed E-state index contributed by atoms with van der Waals surface area (Å²) in [5.41, 5.74) is 0.943. The lowest BCUT2D eigenvalue weighted by molar-refractivity contribution is 0.488. The number of hydrogen-bond acceptors (Lipinski definition) is 2. The molecule has 0 spiro atoms. The number of nitrogens with one attached hydrogen (secondary N) is 1. The third-order valence-electron chi connectivity index (χ3n) is 3.35. The number of hydrogen-bond donors (Lipinski definition) is 1. The van der Waals surface area contributed by atoms with Crippen molar-refractivity contribution >= 4 is 11.3 Å². The van der Waals surface area contributed by atoms with Gasteiger partial charge in [0.25, 0.3) is 0 Å². The van der Waals surface area contributed by atoms with Crippen molar-refractivity contribution in [1.29, 1.82) is 0 Å². The first-order valence-electron chi connectivity index (χ1n) is 7.02. The monoisotopic (exact) mass is 313 g/mol. The van der Waals surface area contributed by atoms with E-state index in [4.69, 9.17) is 0 Å². The zero-order chi connectivity index (χ0) is 15.4. The highest BCUT2D eigenvalue weighted by Crippen LogP contribution is 2.33. The first kappa shape index (κ1) is 16.0. The third kappa shape index (κ3) is 3.47. The van der Waals surface area contributed by atoms with Crippen molar-refractivity contribution in [1.82, 2.24) is 5.32 Å².